The van der Waals surface area contributed by atoms with E-state index in [0.717, 1.165) is 32.7 Å². The summed E-state index contributed by atoms with van der Waals surface area (Å²) >= 11 is 2.58. The number of nitrogens with zero attached hydrogens (tertiary/aromatic N) is 1. The molecule has 3 heterocycles. The lowest BCUT2D eigenvalue weighted by Crippen LogP contribution is -2.42. The molecule has 2 aromatic carbocycles. The van der Waals surface area contributed by atoms with Crippen molar-refractivity contribution in [1.82, 2.24) is 4.98 Å². The van der Waals surface area contributed by atoms with Crippen molar-refractivity contribution in [2.75, 3.05) is 4.90 Å². The van der Waals surface area contributed by atoms with E-state index in [-0.39, 0.29) is 33.8 Å². The van der Waals surface area contributed by atoms with E-state index in [9.17, 15) is 31.9 Å². The average Bonchev–Trinajstić information content (AvgIpc) is 3.58. The molecule has 7 rings (SSSR count). The van der Waals surface area contributed by atoms with Crippen LogP contribution in [0.25, 0.3) is 0 Å². The van der Waals surface area contributed by atoms with Crippen LogP contribution in [0.2, 0.25) is 0 Å². The van der Waals surface area contributed by atoms with Crippen LogP contribution in [0.3, 0.4) is 0 Å². The molecule has 2 aliphatic heterocycles. The number of nitrogens with one attached hydrogen (secondary N) is 1. The first-order chi connectivity index (χ1) is 17.6. The van der Waals surface area contributed by atoms with Crippen molar-refractivity contribution in [3.63, 3.8) is 0 Å². The van der Waals surface area contributed by atoms with Crippen LogP contribution in [0.5, 0.6) is 0 Å². The smallest absolute Gasteiger partial charge is 0.307 e. The summed E-state index contributed by atoms with van der Waals surface area (Å²) in [5.74, 6) is -3.84. The molecule has 0 spiro atoms. The second-order valence-corrected chi connectivity index (χ2v) is 12.2. The largest absolute Gasteiger partial charge is 0.418 e. The summed E-state index contributed by atoms with van der Waals surface area (Å²) in [5.41, 5.74) is -0.624. The Morgan fingerprint density at radius 2 is 1.59 bits per heavy atom. The minimum atomic E-state index is -4.72. The van der Waals surface area contributed by atoms with Crippen molar-refractivity contribution in [3.05, 3.63) is 80.0 Å². The lowest BCUT2D eigenvalue weighted by molar-refractivity contribution is -0.137. The Labute approximate surface area is 215 Å². The number of benzene rings is 2. The maximum Gasteiger partial charge on any atom is 0.418 e. The molecule has 5 nitrogen and oxygen atoms in total. The van der Waals surface area contributed by atoms with E-state index in [4.69, 9.17) is 0 Å². The highest BCUT2D eigenvalue weighted by Gasteiger charge is 2.70. The summed E-state index contributed by atoms with van der Waals surface area (Å²) in [6.45, 7) is 0. The van der Waals surface area contributed by atoms with Gasteiger partial charge in [0.15, 0.2) is 0 Å². The molecule has 2 saturated carbocycles. The predicted molar refractivity (Wildman–Crippen MR) is 129 cm³/mol. The van der Waals surface area contributed by atoms with E-state index >= 15 is 0 Å². The van der Waals surface area contributed by atoms with Gasteiger partial charge in [0.25, 0.3) is 0 Å². The third kappa shape index (κ3) is 3.19. The van der Waals surface area contributed by atoms with Gasteiger partial charge in [0.2, 0.25) is 11.8 Å². The molecule has 37 heavy (non-hydrogen) atoms. The molecule has 0 radical (unpaired) electrons. The van der Waals surface area contributed by atoms with Crippen molar-refractivity contribution >= 4 is 40.6 Å². The second kappa shape index (κ2) is 7.80. The van der Waals surface area contributed by atoms with Gasteiger partial charge in [-0.1, -0.05) is 35.6 Å². The number of hydrogen-bond donors (Lipinski definition) is 1. The molecule has 4 aliphatic rings. The Kier molecular flexibility index (Phi) is 4.89. The quantitative estimate of drug-likeness (QED) is 0.351. The second-order valence-electron chi connectivity index (χ2n) is 10.0. The molecule has 1 aromatic heterocycles. The van der Waals surface area contributed by atoms with E-state index < -0.39 is 46.9 Å². The van der Waals surface area contributed by atoms with Gasteiger partial charge in [0.1, 0.15) is 5.82 Å². The number of thiazole rings is 1. The van der Waals surface area contributed by atoms with Gasteiger partial charge in [-0.2, -0.15) is 13.2 Å². The van der Waals surface area contributed by atoms with Gasteiger partial charge in [0, 0.05) is 16.0 Å². The zero-order valence-electron chi connectivity index (χ0n) is 18.9. The monoisotopic (exact) mass is 546 g/mol. The van der Waals surface area contributed by atoms with Crippen LogP contribution < -0.4 is 9.77 Å². The number of amides is 2. The molecule has 3 fully saturated rings. The number of anilines is 1. The highest BCUT2D eigenvalue weighted by Crippen LogP contribution is 2.68. The number of rotatable bonds is 2. The van der Waals surface area contributed by atoms with Gasteiger partial charge in [-0.25, -0.2) is 9.29 Å². The number of aromatic nitrogens is 1. The molecule has 2 bridgehead atoms. The van der Waals surface area contributed by atoms with Crippen LogP contribution in [-0.2, 0) is 15.8 Å². The minimum Gasteiger partial charge on any atom is -0.307 e. The zero-order valence-corrected chi connectivity index (χ0v) is 20.5. The standard InChI is InChI=1S/C26H18F4N2O3S2/c27-11-7-5-10(6-8-11)16-17-12-9-13(20(17)36-22-21(16)37-25(35)31-22)19-18(12)23(33)32(24(19)34)15-4-2-1-3-14(15)26(28,29)30/h1-8,12-13,16-20H,9H2,(H,31,35)/t12-,13-,16?,17?,18?,19?,20?/m1/s1. The van der Waals surface area contributed by atoms with E-state index in [1.807, 2.05) is 0 Å². The number of fused-ring (bicyclic) bond motifs is 9. The van der Waals surface area contributed by atoms with Crippen LogP contribution in [-0.4, -0.2) is 22.0 Å². The molecular weight excluding hydrogens is 528 g/mol. The fourth-order valence-electron chi connectivity index (χ4n) is 7.21. The van der Waals surface area contributed by atoms with E-state index in [1.54, 1.807) is 12.1 Å². The van der Waals surface area contributed by atoms with Gasteiger partial charge < -0.3 is 4.98 Å². The average molecular weight is 547 g/mol. The zero-order chi connectivity index (χ0) is 25.8. The number of para-hydroxylation sites is 1. The third-order valence-electron chi connectivity index (χ3n) is 8.40. The first kappa shape index (κ1) is 23.2. The molecule has 11 heteroatoms. The van der Waals surface area contributed by atoms with Crippen LogP contribution >= 0.6 is 23.1 Å². The molecule has 5 unspecified atom stereocenters. The van der Waals surface area contributed by atoms with Crippen LogP contribution in [0.4, 0.5) is 23.2 Å². The highest BCUT2D eigenvalue weighted by molar-refractivity contribution is 8.00. The van der Waals surface area contributed by atoms with E-state index in [2.05, 4.69) is 4.98 Å². The van der Waals surface area contributed by atoms with Crippen molar-refractivity contribution in [2.45, 2.75) is 28.8 Å². The van der Waals surface area contributed by atoms with Gasteiger partial charge >= 0.3 is 11.0 Å². The maximum atomic E-state index is 13.8. The summed E-state index contributed by atoms with van der Waals surface area (Å²) in [6.07, 6.45) is -4.10. The van der Waals surface area contributed by atoms with Gasteiger partial charge in [-0.3, -0.25) is 14.4 Å². The molecule has 3 aromatic rings. The maximum absolute atomic E-state index is 13.8. The predicted octanol–water partition coefficient (Wildman–Crippen LogP) is 5.27. The number of halogens is 4. The Hall–Kier alpha value is -2.92. The van der Waals surface area contributed by atoms with E-state index in [1.165, 1.54) is 42.1 Å². The number of thioether (sulfide) groups is 1. The van der Waals surface area contributed by atoms with Crippen molar-refractivity contribution in [1.29, 1.82) is 0 Å². The molecule has 1 N–H and O–H groups in total. The summed E-state index contributed by atoms with van der Waals surface area (Å²) in [7, 11) is 0. The Morgan fingerprint density at radius 1 is 0.919 bits per heavy atom. The summed E-state index contributed by atoms with van der Waals surface area (Å²) < 4.78 is 55.0. The number of alkyl halides is 3. The topological polar surface area (TPSA) is 70.2 Å². The molecule has 1 saturated heterocycles. The number of carbonyl (C=O) groups is 2. The van der Waals surface area contributed by atoms with Crippen LogP contribution in [0.15, 0.2) is 58.4 Å². The van der Waals surface area contributed by atoms with Crippen LogP contribution in [0, 0.1) is 35.4 Å². The SMILES string of the molecule is O=C1C2C(C(=O)N1c1ccccc1C(F)(F)F)[C@@H]1C[C@H]2C2Sc3[nH]c(=O)sc3C(c3ccc(F)cc3)C21. The van der Waals surface area contributed by atoms with Crippen molar-refractivity contribution in [3.8, 4) is 0 Å². The number of imide groups is 1. The highest BCUT2D eigenvalue weighted by atomic mass is 32.2. The number of hydrogen-bond acceptors (Lipinski definition) is 5. The fourth-order valence-corrected chi connectivity index (χ4v) is 10.1. The lowest BCUT2D eigenvalue weighted by atomic mass is 9.68. The minimum absolute atomic E-state index is 0.103. The summed E-state index contributed by atoms with van der Waals surface area (Å²) in [6, 6.07) is 10.8. The van der Waals surface area contributed by atoms with Crippen molar-refractivity contribution in [2.24, 2.45) is 29.6 Å². The number of aromatic amines is 1. The molecule has 2 amide bonds. The fraction of sp³-hybridized carbons (Fsp3) is 0.346. The number of H-pyrrole nitrogens is 1. The number of carbonyl (C=O) groups excluding carboxylic acids is 2. The van der Waals surface area contributed by atoms with Gasteiger partial charge in [-0.15, -0.1) is 11.8 Å². The first-order valence-corrected chi connectivity index (χ1v) is 13.5. The van der Waals surface area contributed by atoms with Gasteiger partial charge in [-0.05, 0) is 54.0 Å². The normalized spacial score (nSPS) is 32.0. The Bertz CT molecular complexity index is 1510. The molecule has 2 aliphatic carbocycles. The summed E-state index contributed by atoms with van der Waals surface area (Å²) in [4.78, 5) is 43.8. The summed E-state index contributed by atoms with van der Waals surface area (Å²) in [5, 5.41) is 0.610. The Morgan fingerprint density at radius 3 is 2.30 bits per heavy atom. The molecule has 7 atom stereocenters. The Balaban J connectivity index is 1.32. The molecular formula is C26H18F4N2O3S2. The van der Waals surface area contributed by atoms with Crippen LogP contribution in [0.1, 0.15) is 28.3 Å². The van der Waals surface area contributed by atoms with Crippen molar-refractivity contribution < 1.29 is 27.2 Å². The third-order valence-corrected chi connectivity index (χ3v) is 11.0. The van der Waals surface area contributed by atoms with E-state index in [0.29, 0.717) is 11.4 Å². The van der Waals surface area contributed by atoms with Gasteiger partial charge in [0.05, 0.1) is 28.1 Å². The lowest BCUT2D eigenvalue weighted by Gasteiger charge is -2.43. The first-order valence-electron chi connectivity index (χ1n) is 11.8. The molecule has 190 valence electrons.